The van der Waals surface area contributed by atoms with Gasteiger partial charge in [-0.25, -0.2) is 9.37 Å². The van der Waals surface area contributed by atoms with Crippen LogP contribution < -0.4 is 10.2 Å². The molecule has 1 aromatic heterocycles. The number of allylic oxidation sites excluding steroid dienone is 5. The lowest BCUT2D eigenvalue weighted by atomic mass is 10.2. The maximum absolute atomic E-state index is 12.5. The molecular formula is C21H27FN4. The van der Waals surface area contributed by atoms with Crippen molar-refractivity contribution in [1.82, 2.24) is 14.9 Å². The fourth-order valence-corrected chi connectivity index (χ4v) is 3.40. The molecule has 0 radical (unpaired) electrons. The van der Waals surface area contributed by atoms with E-state index in [1.54, 1.807) is 0 Å². The van der Waals surface area contributed by atoms with Crippen LogP contribution >= 0.6 is 0 Å². The summed E-state index contributed by atoms with van der Waals surface area (Å²) in [6.45, 7) is 6.71. The largest absolute Gasteiger partial charge is 0.342 e. The lowest BCUT2D eigenvalue weighted by molar-refractivity contribution is 0.556. The zero-order valence-electron chi connectivity index (χ0n) is 15.4. The van der Waals surface area contributed by atoms with E-state index in [-0.39, 0.29) is 0 Å². The molecular weight excluding hydrogens is 327 g/mol. The second kappa shape index (κ2) is 9.34. The lowest BCUT2D eigenvalue weighted by Crippen LogP contribution is -2.35. The average molecular weight is 354 g/mol. The fraction of sp³-hybridized carbons (Fsp3) is 0.381. The molecule has 2 heterocycles. The van der Waals surface area contributed by atoms with E-state index in [2.05, 4.69) is 26.9 Å². The van der Waals surface area contributed by atoms with E-state index in [9.17, 15) is 4.39 Å². The van der Waals surface area contributed by atoms with Crippen molar-refractivity contribution in [3.63, 3.8) is 0 Å². The molecule has 1 aliphatic rings. The van der Waals surface area contributed by atoms with Crippen molar-refractivity contribution >= 4 is 17.0 Å². The number of fused-ring (bicyclic) bond motifs is 1. The van der Waals surface area contributed by atoms with Crippen molar-refractivity contribution in [1.29, 1.82) is 0 Å². The number of nitrogens with zero attached hydrogens (tertiary/aromatic N) is 3. The van der Waals surface area contributed by atoms with Gasteiger partial charge in [0.25, 0.3) is 0 Å². The van der Waals surface area contributed by atoms with E-state index in [1.807, 2.05) is 37.3 Å². The first-order valence-corrected chi connectivity index (χ1v) is 9.33. The first-order valence-electron chi connectivity index (χ1n) is 9.33. The first kappa shape index (κ1) is 18.4. The minimum atomic E-state index is 0.571. The molecule has 1 aliphatic heterocycles. The Bertz CT molecular complexity index is 795. The van der Waals surface area contributed by atoms with E-state index in [1.165, 1.54) is 6.08 Å². The first-order chi connectivity index (χ1) is 12.8. The van der Waals surface area contributed by atoms with E-state index in [4.69, 9.17) is 4.98 Å². The van der Waals surface area contributed by atoms with Gasteiger partial charge < -0.3 is 14.8 Å². The van der Waals surface area contributed by atoms with Gasteiger partial charge in [0.2, 0.25) is 5.95 Å². The smallest absolute Gasteiger partial charge is 0.206 e. The summed E-state index contributed by atoms with van der Waals surface area (Å²) in [5.41, 5.74) is 3.16. The molecule has 4 nitrogen and oxygen atoms in total. The molecule has 1 aromatic carbocycles. The molecule has 0 saturated carbocycles. The Morgan fingerprint density at radius 3 is 2.73 bits per heavy atom. The Morgan fingerprint density at radius 1 is 1.23 bits per heavy atom. The number of imidazole rings is 1. The number of anilines is 1. The SMILES string of the molecule is C\C=C/C(=C\C=C\F)Cn1c(N2CCCNCCC2)nc2ccccc21. The van der Waals surface area contributed by atoms with Crippen LogP contribution in [-0.2, 0) is 6.54 Å². The molecule has 1 N–H and O–H groups in total. The second-order valence-electron chi connectivity index (χ2n) is 6.49. The number of nitrogens with one attached hydrogen (secondary N) is 1. The number of hydrogen-bond acceptors (Lipinski definition) is 3. The molecule has 1 saturated heterocycles. The Morgan fingerprint density at radius 2 is 2.00 bits per heavy atom. The Labute approximate surface area is 154 Å². The summed E-state index contributed by atoms with van der Waals surface area (Å²) in [5, 5.41) is 3.46. The number of para-hydroxylation sites is 2. The third-order valence-corrected chi connectivity index (χ3v) is 4.58. The van der Waals surface area contributed by atoms with Gasteiger partial charge in [-0.2, -0.15) is 0 Å². The van der Waals surface area contributed by atoms with Crippen LogP contribution in [0.4, 0.5) is 10.3 Å². The van der Waals surface area contributed by atoms with E-state index >= 15 is 0 Å². The van der Waals surface area contributed by atoms with Gasteiger partial charge in [0.05, 0.1) is 23.9 Å². The number of rotatable bonds is 5. The standard InChI is InChI=1S/C21H27FN4/c1-2-8-18(9-5-12-22)17-26-20-11-4-3-10-19(20)24-21(26)25-15-6-13-23-14-7-16-25/h2-5,8-12,23H,6-7,13-17H2,1H3/b8-2-,12-5+,18-9+. The molecule has 5 heteroatoms. The lowest BCUT2D eigenvalue weighted by Gasteiger charge is -2.27. The molecule has 1 fully saturated rings. The van der Waals surface area contributed by atoms with Crippen LogP contribution in [0, 0.1) is 0 Å². The number of hydrogen-bond donors (Lipinski definition) is 1. The summed E-state index contributed by atoms with van der Waals surface area (Å²) in [6.07, 6.45) is 10.0. The Kier molecular flexibility index (Phi) is 6.61. The summed E-state index contributed by atoms with van der Waals surface area (Å²) >= 11 is 0. The molecule has 0 spiro atoms. The highest BCUT2D eigenvalue weighted by Crippen LogP contribution is 2.25. The monoisotopic (exact) mass is 354 g/mol. The summed E-state index contributed by atoms with van der Waals surface area (Å²) in [6, 6.07) is 8.23. The van der Waals surface area contributed by atoms with Crippen LogP contribution in [0.15, 0.2) is 60.5 Å². The highest BCUT2D eigenvalue weighted by molar-refractivity contribution is 5.79. The molecule has 2 aromatic rings. The zero-order chi connectivity index (χ0) is 18.2. The van der Waals surface area contributed by atoms with Crippen molar-refractivity contribution in [2.45, 2.75) is 26.3 Å². The molecule has 26 heavy (non-hydrogen) atoms. The maximum Gasteiger partial charge on any atom is 0.206 e. The third-order valence-electron chi connectivity index (χ3n) is 4.58. The topological polar surface area (TPSA) is 33.1 Å². The van der Waals surface area contributed by atoms with Crippen LogP contribution in [0.1, 0.15) is 19.8 Å². The molecule has 0 amide bonds. The quantitative estimate of drug-likeness (QED) is 0.817. The minimum absolute atomic E-state index is 0.571. The fourth-order valence-electron chi connectivity index (χ4n) is 3.40. The summed E-state index contributed by atoms with van der Waals surface area (Å²) in [7, 11) is 0. The van der Waals surface area contributed by atoms with Gasteiger partial charge in [0, 0.05) is 13.1 Å². The summed E-state index contributed by atoms with van der Waals surface area (Å²) < 4.78 is 14.7. The van der Waals surface area contributed by atoms with Gasteiger partial charge in [-0.15, -0.1) is 0 Å². The van der Waals surface area contributed by atoms with Crippen LogP contribution in [0.5, 0.6) is 0 Å². The highest BCUT2D eigenvalue weighted by Gasteiger charge is 2.18. The maximum atomic E-state index is 12.5. The predicted molar refractivity (Wildman–Crippen MR) is 107 cm³/mol. The minimum Gasteiger partial charge on any atom is -0.342 e. The van der Waals surface area contributed by atoms with Crippen LogP contribution in [0.2, 0.25) is 0 Å². The molecule has 0 aliphatic carbocycles. The van der Waals surface area contributed by atoms with E-state index < -0.39 is 0 Å². The molecule has 138 valence electrons. The Hall–Kier alpha value is -2.40. The van der Waals surface area contributed by atoms with Crippen LogP contribution in [-0.4, -0.2) is 35.7 Å². The Balaban J connectivity index is 2.01. The van der Waals surface area contributed by atoms with Crippen molar-refractivity contribution in [3.05, 3.63) is 60.5 Å². The van der Waals surface area contributed by atoms with Gasteiger partial charge >= 0.3 is 0 Å². The third kappa shape index (κ3) is 4.41. The molecule has 0 atom stereocenters. The van der Waals surface area contributed by atoms with Crippen molar-refractivity contribution in [2.75, 3.05) is 31.1 Å². The van der Waals surface area contributed by atoms with Gasteiger partial charge in [0.1, 0.15) is 0 Å². The average Bonchev–Trinajstić information content (AvgIpc) is 2.98. The van der Waals surface area contributed by atoms with Crippen LogP contribution in [0.25, 0.3) is 11.0 Å². The van der Waals surface area contributed by atoms with Crippen molar-refractivity contribution in [3.8, 4) is 0 Å². The predicted octanol–water partition coefficient (Wildman–Crippen LogP) is 4.21. The van der Waals surface area contributed by atoms with Gasteiger partial charge in [-0.05, 0) is 56.6 Å². The van der Waals surface area contributed by atoms with E-state index in [0.717, 1.165) is 61.6 Å². The zero-order valence-corrected chi connectivity index (χ0v) is 15.4. The van der Waals surface area contributed by atoms with E-state index in [0.29, 0.717) is 12.9 Å². The number of halogens is 1. The van der Waals surface area contributed by atoms with Gasteiger partial charge in [-0.3, -0.25) is 0 Å². The molecule has 0 unspecified atom stereocenters. The molecule has 0 bridgehead atoms. The molecule has 3 rings (SSSR count). The van der Waals surface area contributed by atoms with Crippen LogP contribution in [0.3, 0.4) is 0 Å². The highest BCUT2D eigenvalue weighted by atomic mass is 19.1. The summed E-state index contributed by atoms with van der Waals surface area (Å²) in [4.78, 5) is 7.32. The van der Waals surface area contributed by atoms with Gasteiger partial charge in [-0.1, -0.05) is 30.4 Å². The van der Waals surface area contributed by atoms with Crippen molar-refractivity contribution < 1.29 is 4.39 Å². The normalized spacial score (nSPS) is 17.3. The number of benzene rings is 1. The summed E-state index contributed by atoms with van der Waals surface area (Å²) in [5.74, 6) is 1.01. The van der Waals surface area contributed by atoms with Crippen molar-refractivity contribution in [2.24, 2.45) is 0 Å². The number of aromatic nitrogens is 2. The second-order valence-corrected chi connectivity index (χ2v) is 6.49. The van der Waals surface area contributed by atoms with Gasteiger partial charge in [0.15, 0.2) is 0 Å².